The van der Waals surface area contributed by atoms with Crippen molar-refractivity contribution in [2.24, 2.45) is 0 Å². The Morgan fingerprint density at radius 3 is 2.56 bits per heavy atom. The first-order valence-electron chi connectivity index (χ1n) is 7.35. The van der Waals surface area contributed by atoms with Crippen molar-refractivity contribution < 1.29 is 14.4 Å². The summed E-state index contributed by atoms with van der Waals surface area (Å²) in [5.41, 5.74) is -1.68. The Hall–Kier alpha value is -3.56. The van der Waals surface area contributed by atoms with Crippen LogP contribution < -0.4 is 11.2 Å². The highest BCUT2D eigenvalue weighted by Crippen LogP contribution is 2.10. The van der Waals surface area contributed by atoms with Crippen LogP contribution in [0.25, 0.3) is 17.2 Å². The van der Waals surface area contributed by atoms with E-state index < -0.39 is 23.8 Å². The van der Waals surface area contributed by atoms with Gasteiger partial charge in [-0.05, 0) is 12.1 Å². The lowest BCUT2D eigenvalue weighted by Gasteiger charge is -2.09. The molecule has 0 aliphatic rings. The van der Waals surface area contributed by atoms with Gasteiger partial charge in [0, 0.05) is 6.42 Å². The maximum atomic E-state index is 12.5. The van der Waals surface area contributed by atoms with E-state index in [-0.39, 0.29) is 11.5 Å². The fourth-order valence-electron chi connectivity index (χ4n) is 2.16. The second-order valence-corrected chi connectivity index (χ2v) is 5.03. The Morgan fingerprint density at radius 2 is 1.96 bits per heavy atom. The molecule has 1 N–H and O–H groups in total. The third-order valence-corrected chi connectivity index (χ3v) is 3.34. The van der Waals surface area contributed by atoms with Crippen LogP contribution in [0.15, 0.2) is 44.4 Å². The van der Waals surface area contributed by atoms with Crippen LogP contribution in [0.2, 0.25) is 0 Å². The molecule has 10 heteroatoms. The van der Waals surface area contributed by atoms with E-state index in [0.717, 1.165) is 4.68 Å². The lowest BCUT2D eigenvalue weighted by molar-refractivity contribution is -0.137. The highest BCUT2D eigenvalue weighted by atomic mass is 16.5. The zero-order chi connectivity index (χ0) is 18.0. The zero-order valence-corrected chi connectivity index (χ0v) is 13.1. The highest BCUT2D eigenvalue weighted by Gasteiger charge is 2.21. The number of carboxylic acids is 1. The molecular formula is C15H13N5O5. The summed E-state index contributed by atoms with van der Waals surface area (Å²) in [6, 6.07) is 8.30. The molecule has 3 aromatic rings. The number of benzene rings is 1. The van der Waals surface area contributed by atoms with E-state index in [9.17, 15) is 14.4 Å². The minimum atomic E-state index is -1.33. The van der Waals surface area contributed by atoms with Gasteiger partial charge < -0.3 is 9.63 Å². The molecule has 0 aliphatic carbocycles. The summed E-state index contributed by atoms with van der Waals surface area (Å²) in [5, 5.41) is 16.7. The Morgan fingerprint density at radius 1 is 1.24 bits per heavy atom. The Kier molecular flexibility index (Phi) is 4.25. The molecule has 2 heterocycles. The normalized spacial score (nSPS) is 10.8. The molecular weight excluding hydrogens is 330 g/mol. The van der Waals surface area contributed by atoms with E-state index >= 15 is 0 Å². The number of nitrogens with zero attached hydrogens (tertiary/aromatic N) is 5. The largest absolute Gasteiger partial charge is 0.480 e. The molecule has 0 aliphatic heterocycles. The fourth-order valence-corrected chi connectivity index (χ4v) is 2.16. The molecule has 0 unspecified atom stereocenters. The van der Waals surface area contributed by atoms with Crippen molar-refractivity contribution in [3.8, 4) is 17.2 Å². The summed E-state index contributed by atoms with van der Waals surface area (Å²) in [7, 11) is 0. The third-order valence-electron chi connectivity index (χ3n) is 3.34. The predicted molar refractivity (Wildman–Crippen MR) is 84.4 cm³/mol. The maximum absolute atomic E-state index is 12.5. The topological polar surface area (TPSA) is 133 Å². The van der Waals surface area contributed by atoms with Gasteiger partial charge in [0.2, 0.25) is 11.7 Å². The summed E-state index contributed by atoms with van der Waals surface area (Å²) in [6.07, 6.45) is 0.453. The van der Waals surface area contributed by atoms with Gasteiger partial charge in [0.1, 0.15) is 6.54 Å². The summed E-state index contributed by atoms with van der Waals surface area (Å²) >= 11 is 0. The number of rotatable bonds is 5. The number of hydrogen-bond acceptors (Lipinski definition) is 7. The zero-order valence-electron chi connectivity index (χ0n) is 13.1. The van der Waals surface area contributed by atoms with Crippen LogP contribution in [-0.4, -0.2) is 35.6 Å². The lowest BCUT2D eigenvalue weighted by atomic mass is 10.3. The van der Waals surface area contributed by atoms with Gasteiger partial charge in [0.05, 0.1) is 5.69 Å². The molecule has 0 radical (unpaired) electrons. The third kappa shape index (κ3) is 3.09. The first-order chi connectivity index (χ1) is 12.0. The quantitative estimate of drug-likeness (QED) is 0.689. The van der Waals surface area contributed by atoms with Crippen molar-refractivity contribution in [2.75, 3.05) is 0 Å². The molecule has 0 fully saturated rings. The van der Waals surface area contributed by atoms with Crippen molar-refractivity contribution in [3.63, 3.8) is 0 Å². The van der Waals surface area contributed by atoms with Crippen LogP contribution in [0, 0.1) is 0 Å². The number of carbonyl (C=O) groups is 1. The smallest absolute Gasteiger partial charge is 0.352 e. The van der Waals surface area contributed by atoms with Gasteiger partial charge in [0.25, 0.3) is 5.56 Å². The molecule has 0 atom stereocenters. The molecule has 1 aromatic carbocycles. The first kappa shape index (κ1) is 16.3. The molecule has 0 bridgehead atoms. The number of aromatic nitrogens is 5. The fraction of sp³-hybridized carbons (Fsp3) is 0.200. The molecule has 0 amide bonds. The predicted octanol–water partition coefficient (Wildman–Crippen LogP) is 0.0912. The number of para-hydroxylation sites is 1. The van der Waals surface area contributed by atoms with E-state index in [0.29, 0.717) is 22.6 Å². The second kappa shape index (κ2) is 6.51. The molecule has 0 saturated heterocycles. The first-order valence-corrected chi connectivity index (χ1v) is 7.35. The minimum Gasteiger partial charge on any atom is -0.480 e. The summed E-state index contributed by atoms with van der Waals surface area (Å²) < 4.78 is 6.47. The molecule has 128 valence electrons. The van der Waals surface area contributed by atoms with Gasteiger partial charge in [-0.1, -0.05) is 30.3 Å². The van der Waals surface area contributed by atoms with Crippen LogP contribution in [-0.2, 0) is 17.8 Å². The average Bonchev–Trinajstić information content (AvgIpc) is 3.08. The lowest BCUT2D eigenvalue weighted by Crippen LogP contribution is -2.43. The summed E-state index contributed by atoms with van der Waals surface area (Å²) in [4.78, 5) is 40.1. The van der Waals surface area contributed by atoms with Gasteiger partial charge in [-0.25, -0.2) is 9.36 Å². The van der Waals surface area contributed by atoms with Crippen LogP contribution in [0.3, 0.4) is 0 Å². The number of aliphatic carboxylic acids is 1. The number of hydrogen-bond donors (Lipinski definition) is 1. The van der Waals surface area contributed by atoms with Crippen LogP contribution in [0.4, 0.5) is 0 Å². The second-order valence-electron chi connectivity index (χ2n) is 5.03. The van der Waals surface area contributed by atoms with E-state index in [4.69, 9.17) is 9.63 Å². The van der Waals surface area contributed by atoms with Crippen molar-refractivity contribution in [1.82, 2.24) is 24.5 Å². The molecule has 3 rings (SSSR count). The summed E-state index contributed by atoms with van der Waals surface area (Å²) in [6.45, 7) is 0.983. The minimum absolute atomic E-state index is 0.106. The monoisotopic (exact) mass is 343 g/mol. The Bertz CT molecular complexity index is 1030. The number of carboxylic acid groups (broad SMARTS) is 1. The van der Waals surface area contributed by atoms with Crippen LogP contribution in [0.1, 0.15) is 12.8 Å². The van der Waals surface area contributed by atoms with Crippen molar-refractivity contribution >= 4 is 5.97 Å². The molecule has 0 spiro atoms. The van der Waals surface area contributed by atoms with Gasteiger partial charge >= 0.3 is 11.7 Å². The van der Waals surface area contributed by atoms with Crippen LogP contribution in [0.5, 0.6) is 0 Å². The SMILES string of the molecule is CCc1nc(-c2nn(-c3ccccc3)c(=O)n(CC(=O)O)c2=O)no1. The van der Waals surface area contributed by atoms with Crippen LogP contribution >= 0.6 is 0 Å². The van der Waals surface area contributed by atoms with E-state index in [2.05, 4.69) is 15.2 Å². The molecule has 0 saturated carbocycles. The van der Waals surface area contributed by atoms with Gasteiger partial charge in [-0.2, -0.15) is 14.8 Å². The van der Waals surface area contributed by atoms with Crippen molar-refractivity contribution in [2.45, 2.75) is 19.9 Å². The summed E-state index contributed by atoms with van der Waals surface area (Å²) in [5.74, 6) is -1.15. The van der Waals surface area contributed by atoms with E-state index in [1.807, 2.05) is 0 Å². The van der Waals surface area contributed by atoms with Gasteiger partial charge in [-0.3, -0.25) is 9.59 Å². The highest BCUT2D eigenvalue weighted by molar-refractivity contribution is 5.66. The average molecular weight is 343 g/mol. The van der Waals surface area contributed by atoms with Gasteiger partial charge in [-0.15, -0.1) is 0 Å². The maximum Gasteiger partial charge on any atom is 0.352 e. The Labute approximate surface area is 140 Å². The van der Waals surface area contributed by atoms with Crippen molar-refractivity contribution in [3.05, 3.63) is 57.1 Å². The number of aryl methyl sites for hydroxylation is 1. The molecule has 25 heavy (non-hydrogen) atoms. The Balaban J connectivity index is 2.29. The van der Waals surface area contributed by atoms with Gasteiger partial charge in [0.15, 0.2) is 5.69 Å². The standard InChI is InChI=1S/C15H13N5O5/c1-2-10-16-13(18-25-10)12-14(23)19(8-11(21)22)15(24)20(17-12)9-6-4-3-5-7-9/h3-7H,2,8H2,1H3,(H,21,22). The van der Waals surface area contributed by atoms with E-state index in [1.165, 1.54) is 0 Å². The van der Waals surface area contributed by atoms with E-state index in [1.54, 1.807) is 37.3 Å². The molecule has 2 aromatic heterocycles. The molecule has 10 nitrogen and oxygen atoms in total. The van der Waals surface area contributed by atoms with Crippen molar-refractivity contribution in [1.29, 1.82) is 0 Å².